The number of rotatable bonds is 8. The van der Waals surface area contributed by atoms with Crippen molar-refractivity contribution in [2.75, 3.05) is 6.61 Å². The molecule has 0 amide bonds. The van der Waals surface area contributed by atoms with Gasteiger partial charge in [0.1, 0.15) is 0 Å². The van der Waals surface area contributed by atoms with Crippen molar-refractivity contribution in [3.05, 3.63) is 70.9 Å². The molecule has 2 rings (SSSR count). The third kappa shape index (κ3) is 6.66. The van der Waals surface area contributed by atoms with Crippen molar-refractivity contribution in [2.24, 2.45) is 5.41 Å². The molecule has 0 aromatic rings. The average Bonchev–Trinajstić information content (AvgIpc) is 3.01. The number of ether oxygens (including phenoxy) is 1. The van der Waals surface area contributed by atoms with E-state index in [0.29, 0.717) is 6.42 Å². The lowest BCUT2D eigenvalue weighted by molar-refractivity contribution is -0.0683. The molecule has 30 heavy (non-hydrogen) atoms. The van der Waals surface area contributed by atoms with Crippen LogP contribution in [0.1, 0.15) is 67.2 Å². The van der Waals surface area contributed by atoms with Crippen LogP contribution in [0.2, 0.25) is 0 Å². The summed E-state index contributed by atoms with van der Waals surface area (Å²) in [5.41, 5.74) is 4.54. The lowest BCUT2D eigenvalue weighted by Crippen LogP contribution is -2.45. The summed E-state index contributed by atoms with van der Waals surface area (Å²) in [4.78, 5) is 0. The maximum Gasteiger partial charge on any atom is 0.0982 e. The normalized spacial score (nSPS) is 30.3. The number of fused-ring (bicyclic) bond motifs is 1. The zero-order valence-corrected chi connectivity index (χ0v) is 19.6. The zero-order chi connectivity index (χ0) is 22.4. The van der Waals surface area contributed by atoms with E-state index < -0.39 is 0 Å². The average molecular weight is 413 g/mol. The number of allylic oxidation sites excluding steroid dienone is 9. The van der Waals surface area contributed by atoms with Gasteiger partial charge in [-0.2, -0.15) is 0 Å². The second kappa shape index (κ2) is 10.6. The summed E-state index contributed by atoms with van der Waals surface area (Å²) >= 11 is 0. The summed E-state index contributed by atoms with van der Waals surface area (Å²) in [5, 5.41) is 19.1. The minimum absolute atomic E-state index is 0.0320. The molecule has 0 aromatic carbocycles. The van der Waals surface area contributed by atoms with E-state index in [-0.39, 0.29) is 29.8 Å². The lowest BCUT2D eigenvalue weighted by Gasteiger charge is -2.44. The molecule has 0 spiro atoms. The Bertz CT molecular complexity index is 776. The van der Waals surface area contributed by atoms with Crippen LogP contribution in [0.5, 0.6) is 0 Å². The molecule has 3 nitrogen and oxygen atoms in total. The van der Waals surface area contributed by atoms with Gasteiger partial charge in [-0.25, -0.2) is 0 Å². The molecule has 1 aliphatic carbocycles. The Labute approximate surface area is 183 Å². The smallest absolute Gasteiger partial charge is 0.0982 e. The quantitative estimate of drug-likeness (QED) is 0.381. The van der Waals surface area contributed by atoms with E-state index in [1.54, 1.807) is 0 Å². The number of hydrogen-bond donors (Lipinski definition) is 2. The van der Waals surface area contributed by atoms with E-state index in [1.807, 2.05) is 12.2 Å². The van der Waals surface area contributed by atoms with Gasteiger partial charge in [-0.15, -0.1) is 0 Å². The lowest BCUT2D eigenvalue weighted by atomic mass is 9.65. The fourth-order valence-electron chi connectivity index (χ4n) is 4.62. The first-order valence-electron chi connectivity index (χ1n) is 11.1. The molecule has 0 radical (unpaired) electrons. The Kier molecular flexibility index (Phi) is 8.66. The van der Waals surface area contributed by atoms with Gasteiger partial charge in [-0.05, 0) is 69.6 Å². The van der Waals surface area contributed by atoms with Gasteiger partial charge in [-0.3, -0.25) is 0 Å². The summed E-state index contributed by atoms with van der Waals surface area (Å²) in [6.45, 7) is 13.0. The summed E-state index contributed by atoms with van der Waals surface area (Å²) in [6.07, 6.45) is 19.7. The van der Waals surface area contributed by atoms with Gasteiger partial charge in [0.15, 0.2) is 0 Å². The molecule has 0 aromatic heterocycles. The largest absolute Gasteiger partial charge is 0.396 e. The maximum atomic E-state index is 10.3. The first kappa shape index (κ1) is 24.6. The van der Waals surface area contributed by atoms with Crippen molar-refractivity contribution >= 4 is 0 Å². The Morgan fingerprint density at radius 1 is 1.07 bits per heavy atom. The minimum atomic E-state index is -0.367. The summed E-state index contributed by atoms with van der Waals surface area (Å²) in [5.74, 6) is 0. The number of hydrogen-bond acceptors (Lipinski definition) is 3. The van der Waals surface area contributed by atoms with E-state index >= 15 is 0 Å². The predicted octanol–water partition coefficient (Wildman–Crippen LogP) is 5.98. The molecule has 1 aliphatic heterocycles. The summed E-state index contributed by atoms with van der Waals surface area (Å²) in [6, 6.07) is 0. The van der Waals surface area contributed by atoms with E-state index in [1.165, 1.54) is 22.3 Å². The molecular formula is C27H40O3. The molecule has 2 N–H and O–H groups in total. The summed E-state index contributed by atoms with van der Waals surface area (Å²) < 4.78 is 6.41. The van der Waals surface area contributed by atoms with E-state index in [4.69, 9.17) is 9.84 Å². The van der Waals surface area contributed by atoms with Crippen LogP contribution >= 0.6 is 0 Å². The van der Waals surface area contributed by atoms with Crippen LogP contribution < -0.4 is 0 Å². The minimum Gasteiger partial charge on any atom is -0.396 e. The zero-order valence-electron chi connectivity index (χ0n) is 19.6. The Morgan fingerprint density at radius 3 is 2.47 bits per heavy atom. The molecule has 1 fully saturated rings. The first-order valence-corrected chi connectivity index (χ1v) is 11.1. The molecule has 3 atom stereocenters. The van der Waals surface area contributed by atoms with Gasteiger partial charge in [0.2, 0.25) is 0 Å². The number of aliphatic hydroxyl groups excluding tert-OH is 2. The van der Waals surface area contributed by atoms with Crippen LogP contribution in [-0.2, 0) is 4.74 Å². The van der Waals surface area contributed by atoms with Crippen LogP contribution in [0.4, 0.5) is 0 Å². The van der Waals surface area contributed by atoms with Crippen molar-refractivity contribution in [2.45, 2.75) is 85.0 Å². The molecule has 3 heteroatoms. The van der Waals surface area contributed by atoms with Crippen molar-refractivity contribution < 1.29 is 14.9 Å². The molecule has 0 bridgehead atoms. The number of aliphatic hydroxyl groups is 2. The molecule has 1 saturated carbocycles. The van der Waals surface area contributed by atoms with Crippen LogP contribution in [0.15, 0.2) is 70.9 Å². The van der Waals surface area contributed by atoms with Gasteiger partial charge in [-0.1, -0.05) is 67.5 Å². The Morgan fingerprint density at radius 2 is 1.77 bits per heavy atom. The maximum absolute atomic E-state index is 10.3. The monoisotopic (exact) mass is 412 g/mol. The standard InChI is InChI=1S/C27H40O3/c1-20(11-7-8-12-21(2)14-10-16-28)13-9-15-22(3)24-17-25-26(4,5)18-23(29)19-27(25,6)30-24/h7-9,11-13,15,17,23-24,28-29H,10,14,16,18-19H2,1-6H3/b8-7-,13-9+,20-11+,21-12+,22-15-. The van der Waals surface area contributed by atoms with Gasteiger partial charge in [0, 0.05) is 13.0 Å². The second-order valence-electron chi connectivity index (χ2n) is 9.70. The molecular weight excluding hydrogens is 372 g/mol. The highest BCUT2D eigenvalue weighted by molar-refractivity contribution is 5.37. The fraction of sp³-hybridized carbons (Fsp3) is 0.556. The third-order valence-electron chi connectivity index (χ3n) is 6.12. The molecule has 166 valence electrons. The van der Waals surface area contributed by atoms with Gasteiger partial charge in [0.05, 0.1) is 17.8 Å². The predicted molar refractivity (Wildman–Crippen MR) is 126 cm³/mol. The Hall–Kier alpha value is -1.68. The van der Waals surface area contributed by atoms with Gasteiger partial charge in [0.25, 0.3) is 0 Å². The van der Waals surface area contributed by atoms with Crippen LogP contribution in [0.3, 0.4) is 0 Å². The van der Waals surface area contributed by atoms with Gasteiger partial charge >= 0.3 is 0 Å². The highest BCUT2D eigenvalue weighted by Gasteiger charge is 2.50. The second-order valence-corrected chi connectivity index (χ2v) is 9.70. The highest BCUT2D eigenvalue weighted by Crippen LogP contribution is 2.51. The Balaban J connectivity index is 1.98. The van der Waals surface area contributed by atoms with E-state index in [2.05, 4.69) is 78.0 Å². The van der Waals surface area contributed by atoms with Crippen molar-refractivity contribution in [3.63, 3.8) is 0 Å². The van der Waals surface area contributed by atoms with Crippen molar-refractivity contribution in [3.8, 4) is 0 Å². The molecule has 2 aliphatic rings. The van der Waals surface area contributed by atoms with E-state index in [0.717, 1.165) is 19.3 Å². The molecule has 3 unspecified atom stereocenters. The topological polar surface area (TPSA) is 49.7 Å². The van der Waals surface area contributed by atoms with E-state index in [9.17, 15) is 5.11 Å². The SMILES string of the molecule is C/C(=C/C=C/C(C)=C/C=C\C=C(/C)CCCO)C1C=C2C(C)(C)CC(O)CC2(C)O1. The summed E-state index contributed by atoms with van der Waals surface area (Å²) in [7, 11) is 0. The van der Waals surface area contributed by atoms with Crippen LogP contribution in [-0.4, -0.2) is 34.6 Å². The fourth-order valence-corrected chi connectivity index (χ4v) is 4.62. The van der Waals surface area contributed by atoms with Crippen LogP contribution in [0, 0.1) is 5.41 Å². The van der Waals surface area contributed by atoms with Crippen molar-refractivity contribution in [1.82, 2.24) is 0 Å². The van der Waals surface area contributed by atoms with Gasteiger partial charge < -0.3 is 14.9 Å². The highest BCUT2D eigenvalue weighted by atomic mass is 16.5. The molecule has 0 saturated heterocycles. The van der Waals surface area contributed by atoms with Crippen LogP contribution in [0.25, 0.3) is 0 Å². The first-order chi connectivity index (χ1) is 14.1. The third-order valence-corrected chi connectivity index (χ3v) is 6.12. The van der Waals surface area contributed by atoms with Crippen molar-refractivity contribution in [1.29, 1.82) is 0 Å². The molecule has 1 heterocycles.